The minimum absolute atomic E-state index is 0.287. The summed E-state index contributed by atoms with van der Waals surface area (Å²) in [5.74, 6) is 1.83. The first kappa shape index (κ1) is 18.2. The Morgan fingerprint density at radius 1 is 1.20 bits per heavy atom. The first-order valence-corrected chi connectivity index (χ1v) is 9.95. The zero-order valence-corrected chi connectivity index (χ0v) is 16.4. The number of anilines is 1. The monoisotopic (exact) mass is 400 g/mol. The number of nitrogens with zero attached hydrogens (tertiary/aromatic N) is 5. The number of hydrogen-bond acceptors (Lipinski definition) is 6. The van der Waals surface area contributed by atoms with E-state index in [1.807, 2.05) is 36.4 Å². The van der Waals surface area contributed by atoms with Crippen LogP contribution in [0.4, 0.5) is 5.69 Å². The molecule has 150 valence electrons. The molecule has 0 unspecified atom stereocenters. The summed E-state index contributed by atoms with van der Waals surface area (Å²) < 4.78 is 7.14. The maximum atomic E-state index is 12.6. The number of rotatable bonds is 6. The zero-order valence-electron chi connectivity index (χ0n) is 16.4. The van der Waals surface area contributed by atoms with Crippen molar-refractivity contribution in [3.63, 3.8) is 0 Å². The highest BCUT2D eigenvalue weighted by atomic mass is 16.5. The van der Waals surface area contributed by atoms with Crippen LogP contribution in [0.5, 0.6) is 0 Å². The second kappa shape index (κ2) is 7.55. The number of aromatic nitrogens is 5. The molecule has 1 aromatic carbocycles. The Kier molecular flexibility index (Phi) is 4.59. The number of pyridine rings is 1. The summed E-state index contributed by atoms with van der Waals surface area (Å²) in [5.41, 5.74) is 2.92. The topological polar surface area (TPSA) is 98.7 Å². The van der Waals surface area contributed by atoms with E-state index in [1.54, 1.807) is 23.3 Å². The predicted octanol–water partition coefficient (Wildman–Crippen LogP) is 4.01. The summed E-state index contributed by atoms with van der Waals surface area (Å²) in [6, 6.07) is 11.4. The first-order valence-electron chi connectivity index (χ1n) is 9.95. The van der Waals surface area contributed by atoms with Crippen LogP contribution in [0.3, 0.4) is 0 Å². The minimum atomic E-state index is -0.288. The fourth-order valence-corrected chi connectivity index (χ4v) is 3.20. The summed E-state index contributed by atoms with van der Waals surface area (Å²) >= 11 is 0. The van der Waals surface area contributed by atoms with Crippen molar-refractivity contribution in [2.45, 2.75) is 32.1 Å². The number of carbonyl (C=O) groups is 1. The molecule has 0 aliphatic heterocycles. The van der Waals surface area contributed by atoms with E-state index in [-0.39, 0.29) is 11.6 Å². The SMILES string of the molecule is CCc1ccc(NC(=O)c2cn(-c3ncccc3-c3nc(C4CC4)no3)cn2)cc1. The Labute approximate surface area is 173 Å². The van der Waals surface area contributed by atoms with Crippen LogP contribution in [0.25, 0.3) is 17.3 Å². The average molecular weight is 400 g/mol. The third-order valence-electron chi connectivity index (χ3n) is 5.08. The molecular weight excluding hydrogens is 380 g/mol. The highest BCUT2D eigenvalue weighted by molar-refractivity contribution is 6.02. The van der Waals surface area contributed by atoms with Gasteiger partial charge < -0.3 is 9.84 Å². The van der Waals surface area contributed by atoms with Crippen molar-refractivity contribution in [1.29, 1.82) is 0 Å². The third-order valence-corrected chi connectivity index (χ3v) is 5.08. The number of aryl methyl sites for hydroxylation is 1. The van der Waals surface area contributed by atoms with Gasteiger partial charge in [0.05, 0.1) is 5.56 Å². The molecule has 5 rings (SSSR count). The molecule has 3 aromatic heterocycles. The van der Waals surface area contributed by atoms with Crippen LogP contribution in [0.2, 0.25) is 0 Å². The van der Waals surface area contributed by atoms with Crippen molar-refractivity contribution in [1.82, 2.24) is 24.7 Å². The van der Waals surface area contributed by atoms with Crippen molar-refractivity contribution >= 4 is 11.6 Å². The number of hydrogen-bond donors (Lipinski definition) is 1. The summed E-state index contributed by atoms with van der Waals surface area (Å²) in [5, 5.41) is 6.95. The van der Waals surface area contributed by atoms with E-state index in [2.05, 4.69) is 32.3 Å². The molecule has 3 heterocycles. The maximum Gasteiger partial charge on any atom is 0.275 e. The fraction of sp³-hybridized carbons (Fsp3) is 0.227. The molecule has 0 saturated heterocycles. The van der Waals surface area contributed by atoms with E-state index in [9.17, 15) is 4.79 Å². The molecule has 1 fully saturated rings. The van der Waals surface area contributed by atoms with Gasteiger partial charge in [-0.25, -0.2) is 9.97 Å². The van der Waals surface area contributed by atoms with Gasteiger partial charge in [0, 0.05) is 24.0 Å². The second-order valence-corrected chi connectivity index (χ2v) is 7.28. The maximum absolute atomic E-state index is 12.6. The second-order valence-electron chi connectivity index (χ2n) is 7.28. The summed E-state index contributed by atoms with van der Waals surface area (Å²) in [6.45, 7) is 2.09. The van der Waals surface area contributed by atoms with E-state index in [0.717, 1.165) is 30.8 Å². The van der Waals surface area contributed by atoms with Crippen molar-refractivity contribution in [2.75, 3.05) is 5.32 Å². The quantitative estimate of drug-likeness (QED) is 0.525. The Morgan fingerprint density at radius 2 is 2.03 bits per heavy atom. The molecule has 0 atom stereocenters. The molecule has 1 N–H and O–H groups in total. The normalized spacial score (nSPS) is 13.4. The van der Waals surface area contributed by atoms with Crippen LogP contribution in [-0.2, 0) is 6.42 Å². The van der Waals surface area contributed by atoms with Crippen LogP contribution in [0, 0.1) is 0 Å². The number of nitrogens with one attached hydrogen (secondary N) is 1. The summed E-state index contributed by atoms with van der Waals surface area (Å²) in [7, 11) is 0. The number of benzene rings is 1. The molecule has 0 bridgehead atoms. The molecule has 1 aliphatic carbocycles. The van der Waals surface area contributed by atoms with E-state index in [0.29, 0.717) is 23.2 Å². The Bertz CT molecular complexity index is 1190. The van der Waals surface area contributed by atoms with Crippen LogP contribution in [0.15, 0.2) is 59.6 Å². The number of amides is 1. The standard InChI is InChI=1S/C22H20N6O2/c1-2-14-5-9-16(10-6-14)25-21(29)18-12-28(13-24-18)20-17(4-3-11-23-20)22-26-19(27-30-22)15-7-8-15/h3-6,9-13,15H,2,7-8H2,1H3,(H,25,29). The van der Waals surface area contributed by atoms with Crippen LogP contribution >= 0.6 is 0 Å². The fourth-order valence-electron chi connectivity index (χ4n) is 3.20. The van der Waals surface area contributed by atoms with Crippen molar-refractivity contribution in [2.24, 2.45) is 0 Å². The smallest absolute Gasteiger partial charge is 0.275 e. The molecule has 0 radical (unpaired) electrons. The van der Waals surface area contributed by atoms with Gasteiger partial charge >= 0.3 is 0 Å². The third kappa shape index (κ3) is 3.59. The zero-order chi connectivity index (χ0) is 20.5. The van der Waals surface area contributed by atoms with Gasteiger partial charge in [-0.2, -0.15) is 4.98 Å². The molecule has 8 heteroatoms. The van der Waals surface area contributed by atoms with Gasteiger partial charge in [0.1, 0.15) is 12.0 Å². The van der Waals surface area contributed by atoms with Gasteiger partial charge in [0.25, 0.3) is 11.8 Å². The van der Waals surface area contributed by atoms with Crippen molar-refractivity contribution < 1.29 is 9.32 Å². The minimum Gasteiger partial charge on any atom is -0.334 e. The van der Waals surface area contributed by atoms with Gasteiger partial charge in [-0.05, 0) is 49.1 Å². The summed E-state index contributed by atoms with van der Waals surface area (Å²) in [4.78, 5) is 25.8. The van der Waals surface area contributed by atoms with Crippen molar-refractivity contribution in [3.8, 4) is 17.3 Å². The van der Waals surface area contributed by atoms with E-state index in [4.69, 9.17) is 4.52 Å². The lowest BCUT2D eigenvalue weighted by atomic mass is 10.1. The number of imidazole rings is 1. The van der Waals surface area contributed by atoms with Gasteiger partial charge in [0.2, 0.25) is 0 Å². The largest absolute Gasteiger partial charge is 0.334 e. The van der Waals surface area contributed by atoms with E-state index in [1.165, 1.54) is 5.56 Å². The Hall–Kier alpha value is -3.81. The average Bonchev–Trinajstić information content (AvgIpc) is 3.31. The molecule has 30 heavy (non-hydrogen) atoms. The Morgan fingerprint density at radius 3 is 2.80 bits per heavy atom. The molecule has 8 nitrogen and oxygen atoms in total. The van der Waals surface area contributed by atoms with Crippen LogP contribution in [0.1, 0.15) is 47.6 Å². The predicted molar refractivity (Wildman–Crippen MR) is 110 cm³/mol. The lowest BCUT2D eigenvalue weighted by molar-refractivity contribution is 0.102. The van der Waals surface area contributed by atoms with Crippen LogP contribution in [-0.4, -0.2) is 30.6 Å². The van der Waals surface area contributed by atoms with Gasteiger partial charge in [-0.3, -0.25) is 9.36 Å². The molecule has 1 amide bonds. The molecule has 4 aromatic rings. The molecule has 0 spiro atoms. The number of carbonyl (C=O) groups excluding carboxylic acids is 1. The first-order chi connectivity index (χ1) is 14.7. The lowest BCUT2D eigenvalue weighted by Gasteiger charge is -2.05. The van der Waals surface area contributed by atoms with E-state index >= 15 is 0 Å². The highest BCUT2D eigenvalue weighted by Gasteiger charge is 2.29. The van der Waals surface area contributed by atoms with E-state index < -0.39 is 0 Å². The van der Waals surface area contributed by atoms with Crippen molar-refractivity contribution in [3.05, 3.63) is 72.2 Å². The molecular formula is C22H20N6O2. The molecule has 1 aliphatic rings. The van der Waals surface area contributed by atoms with Gasteiger partial charge in [-0.15, -0.1) is 0 Å². The molecule has 1 saturated carbocycles. The highest BCUT2D eigenvalue weighted by Crippen LogP contribution is 2.39. The summed E-state index contributed by atoms with van der Waals surface area (Å²) in [6.07, 6.45) is 8.01. The Balaban J connectivity index is 1.39. The van der Waals surface area contributed by atoms with Gasteiger partial charge in [0.15, 0.2) is 11.6 Å². The van der Waals surface area contributed by atoms with Crippen LogP contribution < -0.4 is 5.32 Å². The lowest BCUT2D eigenvalue weighted by Crippen LogP contribution is -2.12. The van der Waals surface area contributed by atoms with Gasteiger partial charge in [-0.1, -0.05) is 24.2 Å².